The lowest BCUT2D eigenvalue weighted by molar-refractivity contribution is -0.145. The van der Waals surface area contributed by atoms with Gasteiger partial charge in [0.1, 0.15) is 18.1 Å². The van der Waals surface area contributed by atoms with E-state index in [1.54, 1.807) is 27.7 Å². The van der Waals surface area contributed by atoms with Crippen LogP contribution in [-0.2, 0) is 13.2 Å². The molecule has 0 amide bonds. The fraction of sp³-hybridized carbons (Fsp3) is 0.391. The molecule has 4 aromatic rings. The Kier molecular flexibility index (Phi) is 5.83. The van der Waals surface area contributed by atoms with Crippen molar-refractivity contribution >= 4 is 17.2 Å². The number of hydrogen-bond donors (Lipinski definition) is 1. The molecule has 1 N–H and O–H groups in total. The van der Waals surface area contributed by atoms with Crippen molar-refractivity contribution in [2.45, 2.75) is 32.0 Å². The molecule has 1 aliphatic heterocycles. The third-order valence-electron chi connectivity index (χ3n) is 6.11. The molecule has 4 aromatic heterocycles. The summed E-state index contributed by atoms with van der Waals surface area (Å²) in [5, 5.41) is 11.6. The van der Waals surface area contributed by atoms with Crippen LogP contribution in [-0.4, -0.2) is 60.5 Å². The molecular weight excluding hydrogens is 461 g/mol. The van der Waals surface area contributed by atoms with Gasteiger partial charge >= 0.3 is 6.18 Å². The van der Waals surface area contributed by atoms with Gasteiger partial charge in [-0.15, -0.1) is 0 Å². The predicted molar refractivity (Wildman–Crippen MR) is 124 cm³/mol. The second kappa shape index (κ2) is 8.84. The minimum Gasteiger partial charge on any atom is -0.488 e. The van der Waals surface area contributed by atoms with Crippen molar-refractivity contribution in [3.63, 3.8) is 0 Å². The van der Waals surface area contributed by atoms with Crippen molar-refractivity contribution in [2.75, 3.05) is 25.5 Å². The highest BCUT2D eigenvalue weighted by molar-refractivity contribution is 5.72. The van der Waals surface area contributed by atoms with Gasteiger partial charge < -0.3 is 15.0 Å². The molecule has 0 aliphatic carbocycles. The summed E-state index contributed by atoms with van der Waals surface area (Å²) < 4.78 is 48.7. The van der Waals surface area contributed by atoms with Crippen LogP contribution < -0.4 is 10.1 Å². The number of anilines is 2. The van der Waals surface area contributed by atoms with E-state index < -0.39 is 12.0 Å². The lowest BCUT2D eigenvalue weighted by Crippen LogP contribution is -2.30. The molecule has 1 aliphatic rings. The highest BCUT2D eigenvalue weighted by Crippen LogP contribution is 2.32. The SMILES string of the molecule is Cc1cc(Nc2cc3cc(-c4c(OC[C@H]5CCCN5C)cnn4C)ccn3n2)nc(C(F)(F)F)n1. The fourth-order valence-corrected chi connectivity index (χ4v) is 4.32. The number of fused-ring (bicyclic) bond motifs is 1. The van der Waals surface area contributed by atoms with Crippen LogP contribution in [0.3, 0.4) is 0 Å². The molecule has 0 aromatic carbocycles. The lowest BCUT2D eigenvalue weighted by Gasteiger charge is -2.19. The van der Waals surface area contributed by atoms with E-state index in [1.807, 2.05) is 19.2 Å². The van der Waals surface area contributed by atoms with Gasteiger partial charge in [-0.25, -0.2) is 14.5 Å². The first-order chi connectivity index (χ1) is 16.7. The maximum Gasteiger partial charge on any atom is 0.451 e. The van der Waals surface area contributed by atoms with Crippen molar-refractivity contribution in [3.8, 4) is 17.0 Å². The Morgan fingerprint density at radius 1 is 1.14 bits per heavy atom. The first-order valence-electron chi connectivity index (χ1n) is 11.2. The minimum atomic E-state index is -4.63. The van der Waals surface area contributed by atoms with E-state index in [0.29, 0.717) is 24.2 Å². The molecule has 0 radical (unpaired) electrons. The summed E-state index contributed by atoms with van der Waals surface area (Å²) in [5.74, 6) is -0.114. The number of ether oxygens (including phenoxy) is 1. The van der Waals surface area contributed by atoms with Crippen LogP contribution in [0.2, 0.25) is 0 Å². The van der Waals surface area contributed by atoms with Crippen LogP contribution in [0.15, 0.2) is 36.7 Å². The fourth-order valence-electron chi connectivity index (χ4n) is 4.32. The molecule has 0 saturated carbocycles. The summed E-state index contributed by atoms with van der Waals surface area (Å²) in [6, 6.07) is 7.38. The second-order valence-electron chi connectivity index (χ2n) is 8.72. The topological polar surface area (TPSA) is 85.4 Å². The average molecular weight is 487 g/mol. The van der Waals surface area contributed by atoms with E-state index >= 15 is 0 Å². The van der Waals surface area contributed by atoms with Gasteiger partial charge in [-0.05, 0) is 45.5 Å². The van der Waals surface area contributed by atoms with E-state index in [9.17, 15) is 13.2 Å². The van der Waals surface area contributed by atoms with Gasteiger partial charge in [0.15, 0.2) is 11.6 Å². The molecule has 1 fully saturated rings. The van der Waals surface area contributed by atoms with Crippen molar-refractivity contribution in [2.24, 2.45) is 7.05 Å². The smallest absolute Gasteiger partial charge is 0.451 e. The largest absolute Gasteiger partial charge is 0.488 e. The zero-order valence-corrected chi connectivity index (χ0v) is 19.5. The Hall–Kier alpha value is -3.67. The number of likely N-dealkylation sites (tertiary alicyclic amines) is 1. The van der Waals surface area contributed by atoms with Gasteiger partial charge in [0.2, 0.25) is 5.82 Å². The maximum atomic E-state index is 13.1. The van der Waals surface area contributed by atoms with Crippen molar-refractivity contribution in [3.05, 3.63) is 48.2 Å². The Balaban J connectivity index is 1.39. The van der Waals surface area contributed by atoms with Gasteiger partial charge in [0.25, 0.3) is 0 Å². The molecule has 5 rings (SSSR count). The summed E-state index contributed by atoms with van der Waals surface area (Å²) in [4.78, 5) is 9.35. The summed E-state index contributed by atoms with van der Waals surface area (Å²) in [6.45, 7) is 3.15. The Labute approximate surface area is 199 Å². The lowest BCUT2D eigenvalue weighted by atomic mass is 10.1. The van der Waals surface area contributed by atoms with Crippen molar-refractivity contribution < 1.29 is 17.9 Å². The van der Waals surface area contributed by atoms with E-state index in [0.717, 1.165) is 29.7 Å². The molecular formula is C23H25F3N8O. The third-order valence-corrected chi connectivity index (χ3v) is 6.11. The Morgan fingerprint density at radius 3 is 2.71 bits per heavy atom. The molecule has 1 atom stereocenters. The van der Waals surface area contributed by atoms with E-state index in [4.69, 9.17) is 4.74 Å². The number of likely N-dealkylation sites (N-methyl/N-ethyl adjacent to an activating group) is 1. The molecule has 9 nitrogen and oxygen atoms in total. The third kappa shape index (κ3) is 4.78. The summed E-state index contributed by atoms with van der Waals surface area (Å²) in [5.41, 5.74) is 2.67. The monoisotopic (exact) mass is 486 g/mol. The number of pyridine rings is 1. The van der Waals surface area contributed by atoms with Crippen LogP contribution in [0.4, 0.5) is 24.8 Å². The summed E-state index contributed by atoms with van der Waals surface area (Å²) >= 11 is 0. The number of aryl methyl sites for hydroxylation is 2. The predicted octanol–water partition coefficient (Wildman–Crippen LogP) is 4.07. The van der Waals surface area contributed by atoms with Crippen LogP contribution in [0.5, 0.6) is 5.75 Å². The molecule has 184 valence electrons. The standard InChI is InChI=1S/C23H25F3N8O/c1-14-9-19(30-22(28-14)23(24,25)26)29-20-11-17-10-15(6-8-34(17)31-20)21-18(12-27-33(21)3)35-13-16-5-4-7-32(16)2/h6,8-12,16H,4-5,7,13H2,1-3H3,(H,28,29,30,31)/t16-/m1/s1. The Morgan fingerprint density at radius 2 is 1.97 bits per heavy atom. The molecule has 0 bridgehead atoms. The highest BCUT2D eigenvalue weighted by atomic mass is 19.4. The van der Waals surface area contributed by atoms with Gasteiger partial charge in [0, 0.05) is 42.7 Å². The Bertz CT molecular complexity index is 1360. The van der Waals surface area contributed by atoms with Gasteiger partial charge in [-0.2, -0.15) is 23.4 Å². The first kappa shape index (κ1) is 23.1. The molecule has 1 saturated heterocycles. The van der Waals surface area contributed by atoms with Gasteiger partial charge in [-0.1, -0.05) is 0 Å². The number of halogens is 3. The molecule has 0 spiro atoms. The number of nitrogens with zero attached hydrogens (tertiary/aromatic N) is 7. The average Bonchev–Trinajstić information content (AvgIpc) is 3.48. The molecule has 5 heterocycles. The number of hydrogen-bond acceptors (Lipinski definition) is 7. The second-order valence-corrected chi connectivity index (χ2v) is 8.72. The maximum absolute atomic E-state index is 13.1. The van der Waals surface area contributed by atoms with Crippen LogP contribution in [0.25, 0.3) is 16.8 Å². The van der Waals surface area contributed by atoms with Crippen LogP contribution in [0.1, 0.15) is 24.4 Å². The summed E-state index contributed by atoms with van der Waals surface area (Å²) in [6.07, 6.45) is 1.15. The van der Waals surface area contributed by atoms with E-state index in [1.165, 1.54) is 19.4 Å². The van der Waals surface area contributed by atoms with Crippen molar-refractivity contribution in [1.29, 1.82) is 0 Å². The number of nitrogens with one attached hydrogen (secondary N) is 1. The number of aromatic nitrogens is 6. The van der Waals surface area contributed by atoms with Crippen LogP contribution >= 0.6 is 0 Å². The van der Waals surface area contributed by atoms with Crippen molar-refractivity contribution in [1.82, 2.24) is 34.3 Å². The normalized spacial score (nSPS) is 16.8. The van der Waals surface area contributed by atoms with E-state index in [2.05, 4.69) is 37.4 Å². The highest BCUT2D eigenvalue weighted by Gasteiger charge is 2.35. The molecule has 35 heavy (non-hydrogen) atoms. The molecule has 0 unspecified atom stereocenters. The number of rotatable bonds is 6. The first-order valence-corrected chi connectivity index (χ1v) is 11.2. The number of alkyl halides is 3. The quantitative estimate of drug-likeness (QED) is 0.440. The summed E-state index contributed by atoms with van der Waals surface area (Å²) in [7, 11) is 3.96. The zero-order chi connectivity index (χ0) is 24.7. The van der Waals surface area contributed by atoms with Gasteiger partial charge in [-0.3, -0.25) is 4.68 Å². The van der Waals surface area contributed by atoms with Gasteiger partial charge in [0.05, 0.1) is 11.7 Å². The molecule has 12 heteroatoms. The zero-order valence-electron chi connectivity index (χ0n) is 19.5. The minimum absolute atomic E-state index is 0.0210. The van der Waals surface area contributed by atoms with Crippen LogP contribution in [0, 0.1) is 6.92 Å². The van der Waals surface area contributed by atoms with E-state index in [-0.39, 0.29) is 11.5 Å².